The van der Waals surface area contributed by atoms with E-state index in [-0.39, 0.29) is 56.8 Å². The molecule has 3 atom stereocenters. The highest BCUT2D eigenvalue weighted by atomic mass is 16.7. The van der Waals surface area contributed by atoms with Crippen LogP contribution in [0, 0.1) is 0 Å². The van der Waals surface area contributed by atoms with Gasteiger partial charge in [0.25, 0.3) is 11.8 Å². The van der Waals surface area contributed by atoms with Gasteiger partial charge in [0, 0.05) is 57.8 Å². The molecule has 2 heterocycles. The molecule has 1 saturated heterocycles. The smallest absolute Gasteiger partial charge is 0.333 e. The Kier molecular flexibility index (Phi) is 14.0. The number of carbonyl (C=O) groups excluding carboxylic acids is 5. The lowest BCUT2D eigenvalue weighted by Gasteiger charge is -2.31. The fraction of sp³-hybridized carbons (Fsp3) is 0.448. The van der Waals surface area contributed by atoms with Gasteiger partial charge in [-0.3, -0.25) is 28.9 Å². The van der Waals surface area contributed by atoms with Crippen LogP contribution >= 0.6 is 0 Å². The van der Waals surface area contributed by atoms with Crippen molar-refractivity contribution in [2.24, 2.45) is 0 Å². The van der Waals surface area contributed by atoms with Crippen LogP contribution in [0.3, 0.4) is 0 Å². The zero-order chi connectivity index (χ0) is 31.9. The minimum atomic E-state index is -1.26. The lowest BCUT2D eigenvalue weighted by Crippen LogP contribution is -2.42. The fourth-order valence-electron chi connectivity index (χ4n) is 3.92. The van der Waals surface area contributed by atoms with E-state index in [0.29, 0.717) is 5.56 Å². The van der Waals surface area contributed by atoms with Crippen molar-refractivity contribution in [3.8, 4) is 5.75 Å². The van der Waals surface area contributed by atoms with Crippen molar-refractivity contribution in [1.82, 2.24) is 10.2 Å². The normalized spacial score (nSPS) is 19.4. The topological polar surface area (TPSA) is 198 Å². The van der Waals surface area contributed by atoms with Crippen molar-refractivity contribution >= 4 is 47.3 Å². The largest absolute Gasteiger partial charge is 0.479 e. The van der Waals surface area contributed by atoms with Gasteiger partial charge in [0.1, 0.15) is 12.4 Å². The maximum atomic E-state index is 12.7. The van der Waals surface area contributed by atoms with Crippen LogP contribution in [-0.4, -0.2) is 88.9 Å². The highest BCUT2D eigenvalue weighted by Gasteiger charge is 2.34. The molecule has 2 aliphatic heterocycles. The number of aliphatic hydroxyl groups excluding tert-OH is 1. The Balaban J connectivity index is 0.00000316. The van der Waals surface area contributed by atoms with Crippen molar-refractivity contribution in [1.29, 1.82) is 0 Å². The Labute approximate surface area is 248 Å². The van der Waals surface area contributed by atoms with E-state index in [1.165, 1.54) is 13.0 Å². The number of anilines is 1. The summed E-state index contributed by atoms with van der Waals surface area (Å²) < 4.78 is 16.1. The summed E-state index contributed by atoms with van der Waals surface area (Å²) in [6, 6.07) is 4.75. The quantitative estimate of drug-likeness (QED) is 0.188. The van der Waals surface area contributed by atoms with E-state index in [9.17, 15) is 39.0 Å². The number of carbonyl (C=O) groups is 6. The van der Waals surface area contributed by atoms with E-state index in [1.807, 2.05) is 13.8 Å². The first-order valence-corrected chi connectivity index (χ1v) is 13.8. The lowest BCUT2D eigenvalue weighted by atomic mass is 10.1. The minimum Gasteiger partial charge on any atom is -0.479 e. The molecule has 0 saturated carbocycles. The standard InChI is InChI=1S/C27H31N3O11.C2H6/c1-16(31)39-12-2-3-17-4-5-20(40-26-15-18(32)14-21(41-26)27(37)38)19(13-17)29-23(34)8-10-28-22(33)9-11-30-24(35)6-7-25(30)36;1-2/h2-7,13,18,21,26,32H,8-12,14-15H2,1H3,(H,28,33)(H,29,34)(H,37,38);1-2H3/b3-2+;. The molecule has 2 aliphatic rings. The van der Waals surface area contributed by atoms with Gasteiger partial charge in [0.05, 0.1) is 11.8 Å². The molecular formula is C29H37N3O11. The predicted octanol–water partition coefficient (Wildman–Crippen LogP) is 1.38. The number of esters is 1. The van der Waals surface area contributed by atoms with Gasteiger partial charge in [-0.2, -0.15) is 0 Å². The first-order chi connectivity index (χ1) is 20.5. The number of aliphatic carboxylic acids is 1. The summed E-state index contributed by atoms with van der Waals surface area (Å²) in [5, 5.41) is 24.6. The third-order valence-electron chi connectivity index (χ3n) is 5.91. The number of benzene rings is 1. The second-order valence-electron chi connectivity index (χ2n) is 9.16. The number of hydrogen-bond acceptors (Lipinski definition) is 10. The minimum absolute atomic E-state index is 0.0118. The molecular weight excluding hydrogens is 566 g/mol. The van der Waals surface area contributed by atoms with Gasteiger partial charge < -0.3 is 35.1 Å². The van der Waals surface area contributed by atoms with Crippen LogP contribution in [0.25, 0.3) is 6.08 Å². The summed E-state index contributed by atoms with van der Waals surface area (Å²) in [6.07, 6.45) is 1.86. The first kappa shape index (κ1) is 34.6. The first-order valence-electron chi connectivity index (χ1n) is 13.8. The molecule has 43 heavy (non-hydrogen) atoms. The van der Waals surface area contributed by atoms with Crippen LogP contribution < -0.4 is 15.4 Å². The Hall–Kier alpha value is -4.56. The summed E-state index contributed by atoms with van der Waals surface area (Å²) in [5.74, 6) is -3.45. The molecule has 1 fully saturated rings. The third kappa shape index (κ3) is 11.7. The van der Waals surface area contributed by atoms with Gasteiger partial charge >= 0.3 is 11.9 Å². The summed E-state index contributed by atoms with van der Waals surface area (Å²) in [5.41, 5.74) is 0.826. The van der Waals surface area contributed by atoms with Gasteiger partial charge in [0.2, 0.25) is 18.1 Å². The van der Waals surface area contributed by atoms with Crippen molar-refractivity contribution in [2.45, 2.75) is 65.0 Å². The Morgan fingerprint density at radius 2 is 1.77 bits per heavy atom. The molecule has 0 radical (unpaired) electrons. The Morgan fingerprint density at radius 3 is 2.42 bits per heavy atom. The van der Waals surface area contributed by atoms with Crippen LogP contribution in [0.2, 0.25) is 0 Å². The summed E-state index contributed by atoms with van der Waals surface area (Å²) in [4.78, 5) is 71.2. The van der Waals surface area contributed by atoms with Gasteiger partial charge in [-0.05, 0) is 23.8 Å². The van der Waals surface area contributed by atoms with Crippen LogP contribution in [0.1, 0.15) is 52.0 Å². The van der Waals surface area contributed by atoms with E-state index in [4.69, 9.17) is 14.2 Å². The number of hydrogen-bond donors (Lipinski definition) is 4. The van der Waals surface area contributed by atoms with Gasteiger partial charge in [-0.1, -0.05) is 26.0 Å². The zero-order valence-corrected chi connectivity index (χ0v) is 24.2. The van der Waals surface area contributed by atoms with E-state index < -0.39 is 54.1 Å². The number of nitrogens with zero attached hydrogens (tertiary/aromatic N) is 1. The van der Waals surface area contributed by atoms with Gasteiger partial charge in [-0.15, -0.1) is 0 Å². The molecule has 0 aliphatic carbocycles. The number of aliphatic hydroxyl groups is 1. The van der Waals surface area contributed by atoms with Crippen LogP contribution in [0.5, 0.6) is 5.75 Å². The molecule has 4 amide bonds. The van der Waals surface area contributed by atoms with E-state index >= 15 is 0 Å². The van der Waals surface area contributed by atoms with Crippen molar-refractivity contribution < 1.29 is 53.2 Å². The molecule has 0 aromatic heterocycles. The van der Waals surface area contributed by atoms with Crippen molar-refractivity contribution in [3.05, 3.63) is 42.0 Å². The average molecular weight is 604 g/mol. The molecule has 14 nitrogen and oxygen atoms in total. The van der Waals surface area contributed by atoms with Crippen molar-refractivity contribution in [3.63, 3.8) is 0 Å². The monoisotopic (exact) mass is 603 g/mol. The maximum absolute atomic E-state index is 12.7. The molecule has 14 heteroatoms. The van der Waals surface area contributed by atoms with Gasteiger partial charge in [0.15, 0.2) is 6.10 Å². The highest BCUT2D eigenvalue weighted by Crippen LogP contribution is 2.31. The Morgan fingerprint density at radius 1 is 1.07 bits per heavy atom. The number of rotatable bonds is 13. The average Bonchev–Trinajstić information content (AvgIpc) is 3.28. The van der Waals surface area contributed by atoms with E-state index in [0.717, 1.165) is 17.1 Å². The van der Waals surface area contributed by atoms with Crippen molar-refractivity contribution in [2.75, 3.05) is 25.0 Å². The predicted molar refractivity (Wildman–Crippen MR) is 152 cm³/mol. The maximum Gasteiger partial charge on any atom is 0.333 e. The molecule has 1 aromatic rings. The Bertz CT molecular complexity index is 1230. The van der Waals surface area contributed by atoms with Crippen LogP contribution in [0.4, 0.5) is 5.69 Å². The number of imide groups is 1. The molecule has 4 N–H and O–H groups in total. The second kappa shape index (κ2) is 17.4. The molecule has 0 spiro atoms. The SMILES string of the molecule is CC.CC(=O)OC/C=C/c1ccc(OC2CC(O)CC(C(=O)O)O2)c(NC(=O)CCNC(=O)CCN2C(=O)C=CC2=O)c1. The van der Waals surface area contributed by atoms with E-state index in [2.05, 4.69) is 10.6 Å². The zero-order valence-electron chi connectivity index (χ0n) is 24.2. The third-order valence-corrected chi connectivity index (χ3v) is 5.91. The van der Waals surface area contributed by atoms with Crippen LogP contribution in [-0.2, 0) is 38.2 Å². The number of carboxylic acids is 1. The molecule has 3 rings (SSSR count). The summed E-state index contributed by atoms with van der Waals surface area (Å²) >= 11 is 0. The highest BCUT2D eigenvalue weighted by molar-refractivity contribution is 6.13. The molecule has 1 aromatic carbocycles. The summed E-state index contributed by atoms with van der Waals surface area (Å²) in [7, 11) is 0. The number of carboxylic acid groups (broad SMARTS) is 1. The fourth-order valence-corrected chi connectivity index (χ4v) is 3.92. The van der Waals surface area contributed by atoms with Gasteiger partial charge in [-0.25, -0.2) is 4.79 Å². The number of nitrogens with one attached hydrogen (secondary N) is 2. The number of ether oxygens (including phenoxy) is 3. The summed E-state index contributed by atoms with van der Waals surface area (Å²) in [6.45, 7) is 5.21. The van der Waals surface area contributed by atoms with E-state index in [1.54, 1.807) is 24.3 Å². The van der Waals surface area contributed by atoms with Crippen LogP contribution in [0.15, 0.2) is 36.4 Å². The number of amides is 4. The lowest BCUT2D eigenvalue weighted by molar-refractivity contribution is -0.195. The molecule has 234 valence electrons. The second-order valence-corrected chi connectivity index (χ2v) is 9.16. The molecule has 0 bridgehead atoms. The molecule has 3 unspecified atom stereocenters.